The van der Waals surface area contributed by atoms with Crippen LogP contribution in [0.5, 0.6) is 0 Å². The minimum atomic E-state index is -0.454. The normalized spacial score (nSPS) is 11.6. The molecule has 2 aromatic rings. The molecule has 1 atom stereocenters. The molecule has 5 heteroatoms. The molecule has 2 rings (SSSR count). The highest BCUT2D eigenvalue weighted by atomic mass is 35.5. The molecule has 2 aromatic carbocycles. The van der Waals surface area contributed by atoms with Crippen molar-refractivity contribution in [2.75, 3.05) is 11.9 Å². The number of carbonyl (C=O) groups is 2. The van der Waals surface area contributed by atoms with Gasteiger partial charge in [-0.05, 0) is 47.7 Å². The van der Waals surface area contributed by atoms with Crippen molar-refractivity contribution in [2.24, 2.45) is 0 Å². The van der Waals surface area contributed by atoms with Crippen LogP contribution in [0.25, 0.3) is 0 Å². The molecule has 0 aliphatic heterocycles. The third-order valence-electron chi connectivity index (χ3n) is 4.00. The fourth-order valence-electron chi connectivity index (χ4n) is 2.29. The molecule has 0 aliphatic carbocycles. The molecular weight excluding hydrogens is 338 g/mol. The number of hydrogen-bond acceptors (Lipinski definition) is 3. The van der Waals surface area contributed by atoms with Crippen molar-refractivity contribution in [3.05, 3.63) is 64.7 Å². The van der Waals surface area contributed by atoms with Gasteiger partial charge in [0.25, 0.3) is 5.91 Å². The molecule has 132 valence electrons. The number of benzene rings is 2. The summed E-state index contributed by atoms with van der Waals surface area (Å²) in [6.07, 6.45) is 1.17. The summed E-state index contributed by atoms with van der Waals surface area (Å²) in [4.78, 5) is 23.7. The maximum absolute atomic E-state index is 11.9. The number of ether oxygens (including phenoxy) is 1. The van der Waals surface area contributed by atoms with E-state index in [1.54, 1.807) is 24.3 Å². The van der Waals surface area contributed by atoms with Gasteiger partial charge in [-0.25, -0.2) is 0 Å². The van der Waals surface area contributed by atoms with Crippen LogP contribution in [-0.2, 0) is 20.7 Å². The van der Waals surface area contributed by atoms with Gasteiger partial charge in [-0.15, -0.1) is 0 Å². The summed E-state index contributed by atoms with van der Waals surface area (Å²) in [5.41, 5.74) is 2.70. The topological polar surface area (TPSA) is 55.4 Å². The Kier molecular flexibility index (Phi) is 7.02. The fourth-order valence-corrected chi connectivity index (χ4v) is 2.42. The van der Waals surface area contributed by atoms with Crippen molar-refractivity contribution in [3.63, 3.8) is 0 Å². The molecule has 0 aromatic heterocycles. The van der Waals surface area contributed by atoms with Crippen molar-refractivity contribution in [1.29, 1.82) is 0 Å². The van der Waals surface area contributed by atoms with Gasteiger partial charge >= 0.3 is 5.97 Å². The maximum Gasteiger partial charge on any atom is 0.310 e. The van der Waals surface area contributed by atoms with E-state index in [0.717, 1.165) is 12.0 Å². The summed E-state index contributed by atoms with van der Waals surface area (Å²) < 4.78 is 5.01. The number of carbonyl (C=O) groups excluding carboxylic acids is 2. The smallest absolute Gasteiger partial charge is 0.310 e. The van der Waals surface area contributed by atoms with Gasteiger partial charge in [-0.2, -0.15) is 0 Å². The molecular formula is C20H22ClNO3. The second kappa shape index (κ2) is 9.23. The van der Waals surface area contributed by atoms with Crippen LogP contribution < -0.4 is 5.32 Å². The van der Waals surface area contributed by atoms with E-state index in [9.17, 15) is 9.59 Å². The number of anilines is 1. The summed E-state index contributed by atoms with van der Waals surface area (Å²) in [5.74, 6) is -0.330. The van der Waals surface area contributed by atoms with Crippen molar-refractivity contribution in [2.45, 2.75) is 32.6 Å². The molecule has 25 heavy (non-hydrogen) atoms. The fraction of sp³-hybridized carbons (Fsp3) is 0.300. The predicted octanol–water partition coefficient (Wildman–Crippen LogP) is 4.58. The van der Waals surface area contributed by atoms with Gasteiger partial charge in [-0.3, -0.25) is 9.59 Å². The molecule has 0 spiro atoms. The first-order valence-corrected chi connectivity index (χ1v) is 8.65. The summed E-state index contributed by atoms with van der Waals surface area (Å²) in [6.45, 7) is 3.99. The van der Waals surface area contributed by atoms with Crippen LogP contribution in [0.15, 0.2) is 48.5 Å². The van der Waals surface area contributed by atoms with E-state index < -0.39 is 5.97 Å². The predicted molar refractivity (Wildman–Crippen MR) is 99.9 cm³/mol. The Labute approximate surface area is 153 Å². The zero-order chi connectivity index (χ0) is 18.2. The zero-order valence-corrected chi connectivity index (χ0v) is 15.2. The van der Waals surface area contributed by atoms with Crippen molar-refractivity contribution in [3.8, 4) is 0 Å². The van der Waals surface area contributed by atoms with Gasteiger partial charge in [0.05, 0.1) is 6.42 Å². The highest BCUT2D eigenvalue weighted by Gasteiger charge is 2.09. The van der Waals surface area contributed by atoms with E-state index >= 15 is 0 Å². The van der Waals surface area contributed by atoms with Gasteiger partial charge in [0.1, 0.15) is 0 Å². The molecule has 1 N–H and O–H groups in total. The lowest BCUT2D eigenvalue weighted by Gasteiger charge is -2.10. The first kappa shape index (κ1) is 19.0. The quantitative estimate of drug-likeness (QED) is 0.736. The monoisotopic (exact) mass is 359 g/mol. The molecule has 0 saturated heterocycles. The van der Waals surface area contributed by atoms with Gasteiger partial charge in [0.15, 0.2) is 6.61 Å². The van der Waals surface area contributed by atoms with E-state index in [0.29, 0.717) is 16.6 Å². The van der Waals surface area contributed by atoms with Gasteiger partial charge in [-0.1, -0.05) is 49.7 Å². The van der Waals surface area contributed by atoms with Crippen LogP contribution in [0.2, 0.25) is 5.02 Å². The maximum atomic E-state index is 11.9. The first-order chi connectivity index (χ1) is 12.0. The number of esters is 1. The first-order valence-electron chi connectivity index (χ1n) is 8.27. The van der Waals surface area contributed by atoms with Crippen molar-refractivity contribution < 1.29 is 14.3 Å². The lowest BCUT2D eigenvalue weighted by Crippen LogP contribution is -2.21. The standard InChI is InChI=1S/C20H22ClNO3/c1-3-14(2)16-6-10-18(11-7-16)22-19(23)13-25-20(24)12-15-4-8-17(21)9-5-15/h4-11,14H,3,12-13H2,1-2H3,(H,22,23). The minimum absolute atomic E-state index is 0.105. The van der Waals surface area contributed by atoms with Crippen molar-refractivity contribution >= 4 is 29.2 Å². The number of rotatable bonds is 7. The van der Waals surface area contributed by atoms with Crippen LogP contribution in [0.1, 0.15) is 37.3 Å². The van der Waals surface area contributed by atoms with E-state index in [1.165, 1.54) is 5.56 Å². The van der Waals surface area contributed by atoms with Crippen molar-refractivity contribution in [1.82, 2.24) is 0 Å². The van der Waals surface area contributed by atoms with E-state index in [2.05, 4.69) is 19.2 Å². The Bertz CT molecular complexity index is 711. The lowest BCUT2D eigenvalue weighted by molar-refractivity contribution is -0.146. The van der Waals surface area contributed by atoms with E-state index in [4.69, 9.17) is 16.3 Å². The molecule has 0 saturated carbocycles. The highest BCUT2D eigenvalue weighted by Crippen LogP contribution is 2.20. The van der Waals surface area contributed by atoms with Crippen LogP contribution in [0, 0.1) is 0 Å². The third kappa shape index (κ3) is 6.24. The van der Waals surface area contributed by atoms with E-state index in [-0.39, 0.29) is 18.9 Å². The van der Waals surface area contributed by atoms with Gasteiger partial charge in [0, 0.05) is 10.7 Å². The molecule has 0 fully saturated rings. The Balaban J connectivity index is 1.78. The van der Waals surface area contributed by atoms with Crippen LogP contribution in [-0.4, -0.2) is 18.5 Å². The number of halogens is 1. The molecule has 0 bridgehead atoms. The average Bonchev–Trinajstić information content (AvgIpc) is 2.62. The molecule has 1 amide bonds. The molecule has 0 aliphatic rings. The largest absolute Gasteiger partial charge is 0.455 e. The molecule has 4 nitrogen and oxygen atoms in total. The van der Waals surface area contributed by atoms with E-state index in [1.807, 2.05) is 24.3 Å². The Morgan fingerprint density at radius 2 is 1.72 bits per heavy atom. The third-order valence-corrected chi connectivity index (χ3v) is 4.25. The Morgan fingerprint density at radius 3 is 2.32 bits per heavy atom. The zero-order valence-electron chi connectivity index (χ0n) is 14.4. The second-order valence-electron chi connectivity index (χ2n) is 5.94. The second-order valence-corrected chi connectivity index (χ2v) is 6.38. The summed E-state index contributed by atoms with van der Waals surface area (Å²) in [5, 5.41) is 3.33. The average molecular weight is 360 g/mol. The lowest BCUT2D eigenvalue weighted by atomic mass is 9.99. The number of nitrogens with one attached hydrogen (secondary N) is 1. The van der Waals surface area contributed by atoms with Crippen LogP contribution in [0.3, 0.4) is 0 Å². The summed E-state index contributed by atoms with van der Waals surface area (Å²) >= 11 is 5.79. The van der Waals surface area contributed by atoms with Gasteiger partial charge < -0.3 is 10.1 Å². The summed E-state index contributed by atoms with van der Waals surface area (Å²) in [6, 6.07) is 14.6. The van der Waals surface area contributed by atoms with Crippen LogP contribution in [0.4, 0.5) is 5.69 Å². The highest BCUT2D eigenvalue weighted by molar-refractivity contribution is 6.30. The SMILES string of the molecule is CCC(C)c1ccc(NC(=O)COC(=O)Cc2ccc(Cl)cc2)cc1. The number of amides is 1. The number of hydrogen-bond donors (Lipinski definition) is 1. The minimum Gasteiger partial charge on any atom is -0.455 e. The Hall–Kier alpha value is -2.33. The van der Waals surface area contributed by atoms with Crippen LogP contribution >= 0.6 is 11.6 Å². The Morgan fingerprint density at radius 1 is 1.08 bits per heavy atom. The van der Waals surface area contributed by atoms with Gasteiger partial charge in [0.2, 0.25) is 0 Å². The molecule has 1 unspecified atom stereocenters. The molecule has 0 radical (unpaired) electrons. The summed E-state index contributed by atoms with van der Waals surface area (Å²) in [7, 11) is 0. The molecule has 0 heterocycles.